The minimum atomic E-state index is -0.219. The highest BCUT2D eigenvalue weighted by Crippen LogP contribution is 2.35. The van der Waals surface area contributed by atoms with Crippen molar-refractivity contribution in [3.05, 3.63) is 35.5 Å². The zero-order chi connectivity index (χ0) is 25.8. The molecule has 4 heterocycles. The van der Waals surface area contributed by atoms with Crippen LogP contribution in [-0.4, -0.2) is 83.7 Å². The van der Waals surface area contributed by atoms with Gasteiger partial charge in [0.2, 0.25) is 5.91 Å². The van der Waals surface area contributed by atoms with Gasteiger partial charge in [0.1, 0.15) is 5.82 Å². The number of rotatable bonds is 5. The van der Waals surface area contributed by atoms with Gasteiger partial charge in [-0.25, -0.2) is 14.8 Å². The summed E-state index contributed by atoms with van der Waals surface area (Å²) < 4.78 is 5.72. The minimum absolute atomic E-state index is 0.163. The quantitative estimate of drug-likeness (QED) is 0.642. The molecule has 2 fully saturated rings. The smallest absolute Gasteiger partial charge is 0.319 e. The number of urea groups is 1. The van der Waals surface area contributed by atoms with Crippen molar-refractivity contribution in [2.24, 2.45) is 0 Å². The van der Waals surface area contributed by atoms with E-state index in [0.717, 1.165) is 87.9 Å². The molecule has 0 unspecified atom stereocenters. The lowest BCUT2D eigenvalue weighted by atomic mass is 10.0. The molecule has 5 rings (SSSR count). The number of carbonyl (C=O) groups is 2. The molecule has 0 aliphatic carbocycles. The first-order chi connectivity index (χ1) is 18.0. The lowest BCUT2D eigenvalue weighted by molar-refractivity contribution is -0.130. The third-order valence-corrected chi connectivity index (χ3v) is 7.47. The number of fused-ring (bicyclic) bond motifs is 1. The number of carbonyl (C=O) groups excluding carboxylic acids is 2. The molecule has 10 nitrogen and oxygen atoms in total. The molecular formula is C27H37N7O3. The third-order valence-electron chi connectivity index (χ3n) is 7.47. The second-order valence-electron chi connectivity index (χ2n) is 9.95. The summed E-state index contributed by atoms with van der Waals surface area (Å²) in [7, 11) is 0. The standard InChI is InChI=1S/C27H37N7O3/c1-3-28-27(36)29-21-7-5-20(6-8-21)25-30-24-18-34(22-9-12-32(13-10-22)19(2)35)17-23(24)26(31-25)33-11-4-15-37-16-14-33/h5-8,22H,3-4,9-18H2,1-2H3,(H2,28,29,36). The molecule has 37 heavy (non-hydrogen) atoms. The van der Waals surface area contributed by atoms with E-state index in [1.54, 1.807) is 6.92 Å². The van der Waals surface area contributed by atoms with Gasteiger partial charge in [-0.3, -0.25) is 9.69 Å². The highest BCUT2D eigenvalue weighted by molar-refractivity contribution is 5.89. The normalized spacial score (nSPS) is 18.9. The van der Waals surface area contributed by atoms with Crippen LogP contribution < -0.4 is 15.5 Å². The number of benzene rings is 1. The monoisotopic (exact) mass is 507 g/mol. The maximum absolute atomic E-state index is 11.9. The van der Waals surface area contributed by atoms with Gasteiger partial charge in [-0.05, 0) is 50.5 Å². The number of hydrogen-bond donors (Lipinski definition) is 2. The van der Waals surface area contributed by atoms with Gasteiger partial charge in [-0.2, -0.15) is 0 Å². The summed E-state index contributed by atoms with van der Waals surface area (Å²) in [6, 6.07) is 7.91. The van der Waals surface area contributed by atoms with Crippen LogP contribution in [0.2, 0.25) is 0 Å². The topological polar surface area (TPSA) is 103 Å². The molecule has 0 radical (unpaired) electrons. The Morgan fingerprint density at radius 1 is 1.03 bits per heavy atom. The summed E-state index contributed by atoms with van der Waals surface area (Å²) in [6.45, 7) is 10.6. The van der Waals surface area contributed by atoms with E-state index in [1.165, 1.54) is 5.56 Å². The van der Waals surface area contributed by atoms with Crippen molar-refractivity contribution < 1.29 is 14.3 Å². The highest BCUT2D eigenvalue weighted by atomic mass is 16.5. The maximum atomic E-state index is 11.9. The SMILES string of the molecule is CCNC(=O)Nc1ccc(-c2nc3c(c(N4CCCOCC4)n2)CN(C2CCN(C(C)=O)CC2)C3)cc1. The van der Waals surface area contributed by atoms with Crippen molar-refractivity contribution in [2.75, 3.05) is 56.2 Å². The van der Waals surface area contributed by atoms with Crippen LogP contribution in [0.25, 0.3) is 11.4 Å². The molecule has 0 atom stereocenters. The van der Waals surface area contributed by atoms with Gasteiger partial charge >= 0.3 is 6.03 Å². The minimum Gasteiger partial charge on any atom is -0.380 e. The van der Waals surface area contributed by atoms with Gasteiger partial charge < -0.3 is 25.2 Å². The summed E-state index contributed by atoms with van der Waals surface area (Å²) in [5.74, 6) is 1.88. The molecule has 2 aromatic rings. The average Bonchev–Trinajstić information content (AvgIpc) is 3.15. The number of aromatic nitrogens is 2. The van der Waals surface area contributed by atoms with E-state index in [9.17, 15) is 9.59 Å². The van der Waals surface area contributed by atoms with E-state index in [4.69, 9.17) is 14.7 Å². The molecule has 2 N–H and O–H groups in total. The van der Waals surface area contributed by atoms with Gasteiger partial charge in [0, 0.05) is 82.2 Å². The first kappa shape index (κ1) is 25.4. The van der Waals surface area contributed by atoms with Gasteiger partial charge in [0.15, 0.2) is 5.82 Å². The Labute approximate surface area is 218 Å². The fraction of sp³-hybridized carbons (Fsp3) is 0.556. The molecular weight excluding hydrogens is 470 g/mol. The van der Waals surface area contributed by atoms with Gasteiger partial charge in [-0.15, -0.1) is 0 Å². The Balaban J connectivity index is 1.40. The van der Waals surface area contributed by atoms with Crippen LogP contribution in [0.1, 0.15) is 44.4 Å². The summed E-state index contributed by atoms with van der Waals surface area (Å²) in [5.41, 5.74) is 3.95. The van der Waals surface area contributed by atoms with Gasteiger partial charge in [0.05, 0.1) is 12.3 Å². The summed E-state index contributed by atoms with van der Waals surface area (Å²) >= 11 is 0. The predicted molar refractivity (Wildman–Crippen MR) is 142 cm³/mol. The fourth-order valence-electron chi connectivity index (χ4n) is 5.45. The largest absolute Gasteiger partial charge is 0.380 e. The summed E-state index contributed by atoms with van der Waals surface area (Å²) in [5, 5.41) is 5.58. The van der Waals surface area contributed by atoms with Gasteiger partial charge in [0.25, 0.3) is 0 Å². The lowest BCUT2D eigenvalue weighted by Gasteiger charge is -2.36. The number of ether oxygens (including phenoxy) is 1. The number of nitrogens with zero attached hydrogens (tertiary/aromatic N) is 5. The van der Waals surface area contributed by atoms with Crippen LogP contribution in [0.15, 0.2) is 24.3 Å². The molecule has 198 valence electrons. The van der Waals surface area contributed by atoms with E-state index in [1.807, 2.05) is 36.1 Å². The predicted octanol–water partition coefficient (Wildman–Crippen LogP) is 2.84. The molecule has 3 amide bonds. The van der Waals surface area contributed by atoms with Crippen LogP contribution in [0.3, 0.4) is 0 Å². The summed E-state index contributed by atoms with van der Waals surface area (Å²) in [6.07, 6.45) is 2.95. The molecule has 1 aromatic carbocycles. The molecule has 2 saturated heterocycles. The first-order valence-corrected chi connectivity index (χ1v) is 13.4. The van der Waals surface area contributed by atoms with E-state index in [-0.39, 0.29) is 11.9 Å². The van der Waals surface area contributed by atoms with E-state index < -0.39 is 0 Å². The number of amides is 3. The Morgan fingerprint density at radius 2 is 1.81 bits per heavy atom. The third kappa shape index (κ3) is 5.86. The van der Waals surface area contributed by atoms with Crippen LogP contribution >= 0.6 is 0 Å². The van der Waals surface area contributed by atoms with Crippen molar-refractivity contribution in [3.8, 4) is 11.4 Å². The van der Waals surface area contributed by atoms with Crippen LogP contribution in [0.5, 0.6) is 0 Å². The summed E-state index contributed by atoms with van der Waals surface area (Å²) in [4.78, 5) is 40.6. The zero-order valence-electron chi connectivity index (χ0n) is 21.8. The molecule has 3 aliphatic rings. The number of piperidine rings is 1. The molecule has 10 heteroatoms. The molecule has 1 aromatic heterocycles. The van der Waals surface area contributed by atoms with E-state index in [2.05, 4.69) is 20.4 Å². The van der Waals surface area contributed by atoms with Crippen molar-refractivity contribution in [3.63, 3.8) is 0 Å². The number of nitrogens with one attached hydrogen (secondary N) is 2. The second kappa shape index (κ2) is 11.4. The van der Waals surface area contributed by atoms with Crippen LogP contribution in [0.4, 0.5) is 16.3 Å². The van der Waals surface area contributed by atoms with Crippen molar-refractivity contribution >= 4 is 23.4 Å². The Kier molecular flexibility index (Phi) is 7.85. The number of anilines is 2. The first-order valence-electron chi connectivity index (χ1n) is 13.4. The fourth-order valence-corrected chi connectivity index (χ4v) is 5.45. The van der Waals surface area contributed by atoms with Gasteiger partial charge in [-0.1, -0.05) is 0 Å². The molecule has 0 spiro atoms. The molecule has 3 aliphatic heterocycles. The van der Waals surface area contributed by atoms with Crippen molar-refractivity contribution in [2.45, 2.75) is 52.2 Å². The van der Waals surface area contributed by atoms with Crippen molar-refractivity contribution in [1.82, 2.24) is 25.1 Å². The Hall–Kier alpha value is -3.24. The average molecular weight is 508 g/mol. The highest BCUT2D eigenvalue weighted by Gasteiger charge is 2.34. The Morgan fingerprint density at radius 3 is 2.54 bits per heavy atom. The van der Waals surface area contributed by atoms with E-state index in [0.29, 0.717) is 25.0 Å². The number of likely N-dealkylation sites (tertiary alicyclic amines) is 1. The van der Waals surface area contributed by atoms with Crippen molar-refractivity contribution in [1.29, 1.82) is 0 Å². The number of hydrogen-bond acceptors (Lipinski definition) is 7. The van der Waals surface area contributed by atoms with Crippen LogP contribution in [0, 0.1) is 0 Å². The molecule has 0 saturated carbocycles. The maximum Gasteiger partial charge on any atom is 0.319 e. The van der Waals surface area contributed by atoms with E-state index >= 15 is 0 Å². The zero-order valence-corrected chi connectivity index (χ0v) is 21.8. The lowest BCUT2D eigenvalue weighted by Crippen LogP contribution is -2.44. The second-order valence-corrected chi connectivity index (χ2v) is 9.95. The Bertz CT molecular complexity index is 1110. The molecule has 0 bridgehead atoms. The van der Waals surface area contributed by atoms with Crippen LogP contribution in [-0.2, 0) is 22.6 Å².